The monoisotopic (exact) mass is 323 g/mol. The van der Waals surface area contributed by atoms with Crippen LogP contribution in [-0.2, 0) is 6.54 Å². The third-order valence-corrected chi connectivity index (χ3v) is 3.97. The molecule has 5 heteroatoms. The molecule has 1 aromatic heterocycles. The van der Waals surface area contributed by atoms with E-state index in [0.717, 1.165) is 16.9 Å². The highest BCUT2D eigenvalue weighted by molar-refractivity contribution is 5.63. The molecule has 1 unspecified atom stereocenters. The Morgan fingerprint density at radius 2 is 1.71 bits per heavy atom. The van der Waals surface area contributed by atoms with Gasteiger partial charge >= 0.3 is 0 Å². The zero-order chi connectivity index (χ0) is 17.0. The van der Waals surface area contributed by atoms with Crippen LogP contribution in [0.1, 0.15) is 13.8 Å². The fraction of sp³-hybridized carbons (Fsp3) is 0.263. The van der Waals surface area contributed by atoms with E-state index >= 15 is 0 Å². The van der Waals surface area contributed by atoms with Crippen molar-refractivity contribution in [2.75, 3.05) is 0 Å². The third kappa shape index (κ3) is 3.81. The molecule has 3 rings (SSSR count). The standard InChI is InChI=1S/C19H21N3O2/c1-19(2,18(23)12-22-14-20-13-21-22)24-17-10-8-16(9-11-17)15-6-4-3-5-7-15/h3-11,13-14,18,23H,12H2,1-2H3. The Morgan fingerprint density at radius 3 is 2.33 bits per heavy atom. The smallest absolute Gasteiger partial charge is 0.137 e. The zero-order valence-electron chi connectivity index (χ0n) is 13.8. The molecule has 1 heterocycles. The number of rotatable bonds is 6. The molecule has 0 amide bonds. The Morgan fingerprint density at radius 1 is 1.04 bits per heavy atom. The summed E-state index contributed by atoms with van der Waals surface area (Å²) in [6, 6.07) is 18.1. The Hall–Kier alpha value is -2.66. The van der Waals surface area contributed by atoms with Crippen LogP contribution >= 0.6 is 0 Å². The summed E-state index contributed by atoms with van der Waals surface area (Å²) in [7, 11) is 0. The predicted molar refractivity (Wildman–Crippen MR) is 92.6 cm³/mol. The van der Waals surface area contributed by atoms with Gasteiger partial charge in [0.15, 0.2) is 0 Å². The van der Waals surface area contributed by atoms with Crippen LogP contribution in [0.2, 0.25) is 0 Å². The van der Waals surface area contributed by atoms with Crippen LogP contribution in [0.5, 0.6) is 5.75 Å². The number of benzene rings is 2. The molecule has 1 atom stereocenters. The number of ether oxygens (including phenoxy) is 1. The first kappa shape index (κ1) is 16.2. The van der Waals surface area contributed by atoms with Crippen LogP contribution < -0.4 is 4.74 Å². The molecule has 0 aliphatic rings. The van der Waals surface area contributed by atoms with E-state index in [-0.39, 0.29) is 0 Å². The average Bonchev–Trinajstić information content (AvgIpc) is 3.09. The number of hydrogen-bond acceptors (Lipinski definition) is 4. The van der Waals surface area contributed by atoms with E-state index in [4.69, 9.17) is 4.74 Å². The Bertz CT molecular complexity index is 753. The molecule has 1 N–H and O–H groups in total. The summed E-state index contributed by atoms with van der Waals surface area (Å²) in [5.74, 6) is 0.720. The van der Waals surface area contributed by atoms with Crippen LogP contribution in [0.3, 0.4) is 0 Å². The molecular formula is C19H21N3O2. The molecule has 24 heavy (non-hydrogen) atoms. The molecule has 0 radical (unpaired) electrons. The summed E-state index contributed by atoms with van der Waals surface area (Å²) in [5, 5.41) is 14.4. The Labute approximate surface area is 141 Å². The van der Waals surface area contributed by atoms with Gasteiger partial charge in [-0.25, -0.2) is 4.98 Å². The van der Waals surface area contributed by atoms with Crippen molar-refractivity contribution < 1.29 is 9.84 Å². The van der Waals surface area contributed by atoms with Crippen molar-refractivity contribution >= 4 is 0 Å². The molecule has 0 aliphatic heterocycles. The first-order valence-corrected chi connectivity index (χ1v) is 7.89. The minimum Gasteiger partial charge on any atom is -0.485 e. The van der Waals surface area contributed by atoms with E-state index < -0.39 is 11.7 Å². The van der Waals surface area contributed by atoms with E-state index in [9.17, 15) is 5.11 Å². The van der Waals surface area contributed by atoms with E-state index in [0.29, 0.717) is 6.54 Å². The summed E-state index contributed by atoms with van der Waals surface area (Å²) in [6.45, 7) is 4.05. The van der Waals surface area contributed by atoms with Gasteiger partial charge in [-0.15, -0.1) is 0 Å². The zero-order valence-corrected chi connectivity index (χ0v) is 13.8. The largest absolute Gasteiger partial charge is 0.485 e. The second-order valence-corrected chi connectivity index (χ2v) is 6.23. The molecule has 124 valence electrons. The second kappa shape index (κ2) is 6.84. The first-order chi connectivity index (χ1) is 11.5. The van der Waals surface area contributed by atoms with Crippen LogP contribution in [0.4, 0.5) is 0 Å². The van der Waals surface area contributed by atoms with Gasteiger partial charge in [-0.05, 0) is 37.1 Å². The van der Waals surface area contributed by atoms with Crippen molar-refractivity contribution in [1.29, 1.82) is 0 Å². The van der Waals surface area contributed by atoms with Crippen LogP contribution in [0.15, 0.2) is 67.3 Å². The van der Waals surface area contributed by atoms with E-state index in [2.05, 4.69) is 22.2 Å². The maximum absolute atomic E-state index is 10.4. The van der Waals surface area contributed by atoms with E-state index in [1.807, 2.05) is 56.3 Å². The molecule has 0 fully saturated rings. The summed E-state index contributed by atoms with van der Waals surface area (Å²) in [4.78, 5) is 3.88. The lowest BCUT2D eigenvalue weighted by Crippen LogP contribution is -2.44. The highest BCUT2D eigenvalue weighted by Crippen LogP contribution is 2.26. The highest BCUT2D eigenvalue weighted by atomic mass is 16.5. The molecule has 5 nitrogen and oxygen atoms in total. The van der Waals surface area contributed by atoms with Gasteiger partial charge < -0.3 is 9.84 Å². The lowest BCUT2D eigenvalue weighted by atomic mass is 10.0. The van der Waals surface area contributed by atoms with Crippen LogP contribution in [-0.4, -0.2) is 31.6 Å². The summed E-state index contributed by atoms with van der Waals surface area (Å²) < 4.78 is 7.58. The van der Waals surface area contributed by atoms with Crippen molar-refractivity contribution in [2.45, 2.75) is 32.1 Å². The van der Waals surface area contributed by atoms with Gasteiger partial charge in [0.25, 0.3) is 0 Å². The number of hydrogen-bond donors (Lipinski definition) is 1. The number of aromatic nitrogens is 3. The third-order valence-electron chi connectivity index (χ3n) is 3.97. The molecule has 2 aromatic carbocycles. The molecule has 0 aliphatic carbocycles. The van der Waals surface area contributed by atoms with Crippen LogP contribution in [0.25, 0.3) is 11.1 Å². The average molecular weight is 323 g/mol. The van der Waals surface area contributed by atoms with E-state index in [1.54, 1.807) is 11.0 Å². The minimum absolute atomic E-state index is 0.328. The van der Waals surface area contributed by atoms with Crippen molar-refractivity contribution in [1.82, 2.24) is 14.8 Å². The lowest BCUT2D eigenvalue weighted by molar-refractivity contribution is -0.0382. The minimum atomic E-state index is -0.750. The van der Waals surface area contributed by atoms with Gasteiger partial charge in [-0.2, -0.15) is 5.10 Å². The fourth-order valence-corrected chi connectivity index (χ4v) is 2.44. The summed E-state index contributed by atoms with van der Waals surface area (Å²) in [5.41, 5.74) is 1.54. The van der Waals surface area contributed by atoms with Crippen molar-refractivity contribution in [3.8, 4) is 16.9 Å². The molecule has 0 saturated carbocycles. The van der Waals surface area contributed by atoms with Crippen molar-refractivity contribution in [3.05, 3.63) is 67.3 Å². The van der Waals surface area contributed by atoms with Gasteiger partial charge in [0.1, 0.15) is 30.1 Å². The first-order valence-electron chi connectivity index (χ1n) is 7.89. The normalized spacial score (nSPS) is 12.8. The van der Waals surface area contributed by atoms with Crippen LogP contribution in [0, 0.1) is 0 Å². The van der Waals surface area contributed by atoms with Gasteiger partial charge in [-0.1, -0.05) is 42.5 Å². The molecule has 3 aromatic rings. The summed E-state index contributed by atoms with van der Waals surface area (Å²) >= 11 is 0. The van der Waals surface area contributed by atoms with Crippen molar-refractivity contribution in [2.24, 2.45) is 0 Å². The topological polar surface area (TPSA) is 60.2 Å². The maximum Gasteiger partial charge on any atom is 0.137 e. The molecular weight excluding hydrogens is 302 g/mol. The van der Waals surface area contributed by atoms with Gasteiger partial charge in [0.2, 0.25) is 0 Å². The fourth-order valence-electron chi connectivity index (χ4n) is 2.44. The second-order valence-electron chi connectivity index (χ2n) is 6.23. The number of nitrogens with zero attached hydrogens (tertiary/aromatic N) is 3. The lowest BCUT2D eigenvalue weighted by Gasteiger charge is -2.31. The molecule has 0 spiro atoms. The quantitative estimate of drug-likeness (QED) is 0.757. The van der Waals surface area contributed by atoms with Gasteiger partial charge in [0.05, 0.1) is 6.54 Å². The Kier molecular flexibility index (Phi) is 4.62. The number of aliphatic hydroxyl groups is 1. The molecule has 0 saturated heterocycles. The van der Waals surface area contributed by atoms with Crippen molar-refractivity contribution in [3.63, 3.8) is 0 Å². The highest BCUT2D eigenvalue weighted by Gasteiger charge is 2.30. The SMILES string of the molecule is CC(C)(Oc1ccc(-c2ccccc2)cc1)C(O)Cn1cncn1. The Balaban J connectivity index is 1.68. The maximum atomic E-state index is 10.4. The molecule has 0 bridgehead atoms. The van der Waals surface area contributed by atoms with Gasteiger partial charge in [0, 0.05) is 0 Å². The van der Waals surface area contributed by atoms with E-state index in [1.165, 1.54) is 6.33 Å². The summed E-state index contributed by atoms with van der Waals surface area (Å²) in [6.07, 6.45) is 2.31. The predicted octanol–water partition coefficient (Wildman–Crippen LogP) is 3.16. The van der Waals surface area contributed by atoms with Gasteiger partial charge in [-0.3, -0.25) is 4.68 Å². The number of aliphatic hydroxyl groups excluding tert-OH is 1.